The van der Waals surface area contributed by atoms with Crippen LogP contribution in [0, 0.1) is 10.8 Å². The first-order chi connectivity index (χ1) is 10.1. The molecule has 0 aromatic carbocycles. The molecule has 0 amide bonds. The summed E-state index contributed by atoms with van der Waals surface area (Å²) in [5.74, 6) is -0.497. The Hall–Kier alpha value is -0.680. The molecular weight excluding hydrogens is 287 g/mol. The van der Waals surface area contributed by atoms with Crippen LogP contribution in [-0.4, -0.2) is 36.2 Å². The van der Waals surface area contributed by atoms with Crippen molar-refractivity contribution in [3.05, 3.63) is 0 Å². The van der Waals surface area contributed by atoms with Gasteiger partial charge in [0.1, 0.15) is 6.17 Å². The maximum Gasteiger partial charge on any atom is 0.316 e. The van der Waals surface area contributed by atoms with Crippen LogP contribution in [-0.2, 0) is 14.3 Å². The number of aliphatic hydroxyl groups excluding tert-OH is 1. The van der Waals surface area contributed by atoms with Crippen LogP contribution in [0.25, 0.3) is 0 Å². The van der Waals surface area contributed by atoms with Gasteiger partial charge in [-0.25, -0.2) is 4.39 Å². The second-order valence-electron chi connectivity index (χ2n) is 7.65. The summed E-state index contributed by atoms with van der Waals surface area (Å²) in [6.07, 6.45) is 1.07. The van der Waals surface area contributed by atoms with Crippen LogP contribution in [0.4, 0.5) is 4.39 Å². The lowest BCUT2D eigenvalue weighted by molar-refractivity contribution is -0.237. The van der Waals surface area contributed by atoms with Crippen molar-refractivity contribution in [2.24, 2.45) is 10.8 Å². The molecule has 0 saturated heterocycles. The molecule has 4 unspecified atom stereocenters. The SMILES string of the molecule is CCC(C)(CO)C(=O)OC(OC1CCCCC1F)C(C)(C)C. The average Bonchev–Trinajstić information content (AvgIpc) is 2.46. The standard InChI is InChI=1S/C17H31FO4/c1-6-17(5,11-19)14(20)22-15(16(2,3)4)21-13-10-8-7-9-12(13)18/h12-13,15,19H,6-11H2,1-5H3. The number of carbonyl (C=O) groups excluding carboxylic acids is 1. The first-order valence-electron chi connectivity index (χ1n) is 8.25. The Morgan fingerprint density at radius 2 is 1.86 bits per heavy atom. The van der Waals surface area contributed by atoms with Gasteiger partial charge >= 0.3 is 5.97 Å². The molecule has 1 aliphatic rings. The molecule has 0 aromatic rings. The van der Waals surface area contributed by atoms with Crippen LogP contribution in [0.3, 0.4) is 0 Å². The highest BCUT2D eigenvalue weighted by atomic mass is 19.1. The minimum Gasteiger partial charge on any atom is -0.435 e. The maximum absolute atomic E-state index is 14.0. The summed E-state index contributed by atoms with van der Waals surface area (Å²) >= 11 is 0. The predicted molar refractivity (Wildman–Crippen MR) is 83.1 cm³/mol. The minimum atomic E-state index is -1.01. The number of carbonyl (C=O) groups is 1. The van der Waals surface area contributed by atoms with Gasteiger partial charge in [-0.05, 0) is 26.2 Å². The molecule has 1 rings (SSSR count). The average molecular weight is 318 g/mol. The number of halogens is 1. The highest BCUT2D eigenvalue weighted by Gasteiger charge is 2.40. The van der Waals surface area contributed by atoms with Gasteiger partial charge in [-0.2, -0.15) is 0 Å². The van der Waals surface area contributed by atoms with E-state index in [1.165, 1.54) is 0 Å². The molecule has 0 aromatic heterocycles. The topological polar surface area (TPSA) is 55.8 Å². The summed E-state index contributed by atoms with van der Waals surface area (Å²) in [7, 11) is 0. The van der Waals surface area contributed by atoms with Crippen molar-refractivity contribution in [3.8, 4) is 0 Å². The fourth-order valence-electron chi connectivity index (χ4n) is 2.33. The van der Waals surface area contributed by atoms with Crippen molar-refractivity contribution in [2.75, 3.05) is 6.61 Å². The van der Waals surface area contributed by atoms with E-state index in [4.69, 9.17) is 9.47 Å². The second kappa shape index (κ2) is 7.73. The Bertz CT molecular complexity index is 360. The zero-order valence-electron chi connectivity index (χ0n) is 14.5. The molecule has 1 saturated carbocycles. The molecule has 0 aliphatic heterocycles. The molecular formula is C17H31FO4. The van der Waals surface area contributed by atoms with E-state index in [-0.39, 0.29) is 6.61 Å². The van der Waals surface area contributed by atoms with Crippen LogP contribution >= 0.6 is 0 Å². The van der Waals surface area contributed by atoms with Crippen LogP contribution in [0.5, 0.6) is 0 Å². The smallest absolute Gasteiger partial charge is 0.316 e. The summed E-state index contributed by atoms with van der Waals surface area (Å²) < 4.78 is 25.3. The number of hydrogen-bond acceptors (Lipinski definition) is 4. The Kier molecular flexibility index (Phi) is 6.81. The Morgan fingerprint density at radius 1 is 1.27 bits per heavy atom. The second-order valence-corrected chi connectivity index (χ2v) is 7.65. The largest absolute Gasteiger partial charge is 0.435 e. The van der Waals surface area contributed by atoms with Gasteiger partial charge in [0.2, 0.25) is 6.29 Å². The van der Waals surface area contributed by atoms with Crippen molar-refractivity contribution in [1.82, 2.24) is 0 Å². The fraction of sp³-hybridized carbons (Fsp3) is 0.941. The quantitative estimate of drug-likeness (QED) is 0.600. The van der Waals surface area contributed by atoms with Gasteiger partial charge < -0.3 is 14.6 Å². The Labute approximate surface area is 133 Å². The molecule has 5 heteroatoms. The van der Waals surface area contributed by atoms with Gasteiger partial charge in [-0.1, -0.05) is 40.5 Å². The first-order valence-corrected chi connectivity index (χ1v) is 8.25. The monoisotopic (exact) mass is 318 g/mol. The van der Waals surface area contributed by atoms with Crippen LogP contribution in [0.2, 0.25) is 0 Å². The van der Waals surface area contributed by atoms with E-state index < -0.39 is 35.4 Å². The molecule has 1 aliphatic carbocycles. The number of ether oxygens (including phenoxy) is 2. The van der Waals surface area contributed by atoms with Gasteiger partial charge in [-0.15, -0.1) is 0 Å². The molecule has 1 fully saturated rings. The molecule has 0 spiro atoms. The zero-order chi connectivity index (χ0) is 17.0. The first kappa shape index (κ1) is 19.4. The van der Waals surface area contributed by atoms with E-state index in [9.17, 15) is 14.3 Å². The lowest BCUT2D eigenvalue weighted by atomic mass is 9.88. The van der Waals surface area contributed by atoms with Crippen molar-refractivity contribution in [3.63, 3.8) is 0 Å². The van der Waals surface area contributed by atoms with Crippen LogP contribution in [0.15, 0.2) is 0 Å². The number of esters is 1. The summed E-state index contributed by atoms with van der Waals surface area (Å²) in [5, 5.41) is 9.43. The molecule has 0 heterocycles. The molecule has 1 N–H and O–H groups in total. The highest BCUT2D eigenvalue weighted by Crippen LogP contribution is 2.33. The Balaban J connectivity index is 2.79. The van der Waals surface area contributed by atoms with Crippen molar-refractivity contribution in [2.45, 2.75) is 85.3 Å². The van der Waals surface area contributed by atoms with Crippen molar-refractivity contribution in [1.29, 1.82) is 0 Å². The third kappa shape index (κ3) is 4.92. The minimum absolute atomic E-state index is 0.283. The predicted octanol–water partition coefficient (Wildman–Crippen LogP) is 3.61. The molecule has 4 nitrogen and oxygen atoms in total. The summed E-state index contributed by atoms with van der Waals surface area (Å²) in [6.45, 7) is 8.88. The number of rotatable bonds is 6. The van der Waals surface area contributed by atoms with E-state index in [1.54, 1.807) is 6.92 Å². The lowest BCUT2D eigenvalue weighted by Crippen LogP contribution is -2.44. The molecule has 0 radical (unpaired) electrons. The number of hydrogen-bond donors (Lipinski definition) is 1. The van der Waals surface area contributed by atoms with E-state index in [0.717, 1.165) is 12.8 Å². The van der Waals surface area contributed by atoms with Gasteiger partial charge in [0.25, 0.3) is 0 Å². The van der Waals surface area contributed by atoms with E-state index in [0.29, 0.717) is 19.3 Å². The van der Waals surface area contributed by atoms with Gasteiger partial charge in [0.05, 0.1) is 18.1 Å². The number of aliphatic hydroxyl groups is 1. The Morgan fingerprint density at radius 3 is 2.32 bits per heavy atom. The number of alkyl halides is 1. The van der Waals surface area contributed by atoms with E-state index >= 15 is 0 Å². The van der Waals surface area contributed by atoms with E-state index in [2.05, 4.69) is 0 Å². The lowest BCUT2D eigenvalue weighted by Gasteiger charge is -2.37. The van der Waals surface area contributed by atoms with Gasteiger partial charge in [0.15, 0.2) is 0 Å². The normalized spacial score (nSPS) is 27.0. The summed E-state index contributed by atoms with van der Waals surface area (Å²) in [4.78, 5) is 12.4. The fourth-order valence-corrected chi connectivity index (χ4v) is 2.33. The van der Waals surface area contributed by atoms with Crippen molar-refractivity contribution < 1.29 is 23.8 Å². The molecule has 22 heavy (non-hydrogen) atoms. The molecule has 4 atom stereocenters. The zero-order valence-corrected chi connectivity index (χ0v) is 14.5. The van der Waals surface area contributed by atoms with E-state index in [1.807, 2.05) is 27.7 Å². The maximum atomic E-state index is 14.0. The summed E-state index contributed by atoms with van der Waals surface area (Å²) in [5.41, 5.74) is -1.41. The molecule has 0 bridgehead atoms. The van der Waals surface area contributed by atoms with Crippen molar-refractivity contribution >= 4 is 5.97 Å². The third-order valence-electron chi connectivity index (χ3n) is 4.46. The van der Waals surface area contributed by atoms with Crippen LogP contribution in [0.1, 0.15) is 66.7 Å². The third-order valence-corrected chi connectivity index (χ3v) is 4.46. The van der Waals surface area contributed by atoms with Gasteiger partial charge in [-0.3, -0.25) is 4.79 Å². The summed E-state index contributed by atoms with van der Waals surface area (Å²) in [6, 6.07) is 0. The highest BCUT2D eigenvalue weighted by molar-refractivity contribution is 5.76. The molecule has 130 valence electrons. The van der Waals surface area contributed by atoms with Gasteiger partial charge in [0, 0.05) is 5.41 Å². The van der Waals surface area contributed by atoms with Crippen LogP contribution < -0.4 is 0 Å².